The molecule has 0 fully saturated rings. The molecular formula is C15H21O4P. The van der Waals surface area contributed by atoms with Crippen LogP contribution < -0.4 is 4.52 Å². The van der Waals surface area contributed by atoms with Crippen molar-refractivity contribution < 1.29 is 18.6 Å². The summed E-state index contributed by atoms with van der Waals surface area (Å²) in [5.74, 6) is 0.124. The molecule has 1 rings (SSSR count). The van der Waals surface area contributed by atoms with Gasteiger partial charge in [0.15, 0.2) is 0 Å². The molecule has 4 nitrogen and oxygen atoms in total. The second-order valence-electron chi connectivity index (χ2n) is 4.59. The quantitative estimate of drug-likeness (QED) is 0.354. The number of unbranched alkanes of at least 4 members (excludes halogenated alkanes) is 5. The summed E-state index contributed by atoms with van der Waals surface area (Å²) in [5, 5.41) is 0. The van der Waals surface area contributed by atoms with Gasteiger partial charge in [-0.3, -0.25) is 0 Å². The standard InChI is InChI=1S/C15H21O4P/c1-2-3-4-5-6-7-12-18-15(16)13-8-10-14(11-9-13)19-20-17/h8-11H,2-7,12H2,1H3. The summed E-state index contributed by atoms with van der Waals surface area (Å²) in [6.45, 7) is 2.65. The molecule has 0 atom stereocenters. The Morgan fingerprint density at radius 3 is 2.35 bits per heavy atom. The maximum Gasteiger partial charge on any atom is 0.395 e. The van der Waals surface area contributed by atoms with E-state index in [1.165, 1.54) is 25.7 Å². The summed E-state index contributed by atoms with van der Waals surface area (Å²) in [4.78, 5) is 11.7. The van der Waals surface area contributed by atoms with Gasteiger partial charge in [-0.05, 0) is 30.7 Å². The van der Waals surface area contributed by atoms with Crippen molar-refractivity contribution in [1.82, 2.24) is 0 Å². The van der Waals surface area contributed by atoms with E-state index in [1.54, 1.807) is 24.3 Å². The topological polar surface area (TPSA) is 52.6 Å². The summed E-state index contributed by atoms with van der Waals surface area (Å²) >= 11 is 0. The zero-order valence-corrected chi connectivity index (χ0v) is 12.7. The molecule has 0 N–H and O–H groups in total. The molecule has 0 aliphatic rings. The van der Waals surface area contributed by atoms with E-state index in [0.29, 0.717) is 17.9 Å². The molecular weight excluding hydrogens is 275 g/mol. The third-order valence-electron chi connectivity index (χ3n) is 2.96. The molecule has 0 spiro atoms. The van der Waals surface area contributed by atoms with Crippen LogP contribution in [0.15, 0.2) is 24.3 Å². The zero-order chi connectivity index (χ0) is 14.6. The molecule has 0 radical (unpaired) electrons. The molecule has 0 aliphatic carbocycles. The third kappa shape index (κ3) is 6.67. The number of carbonyl (C=O) groups is 1. The van der Waals surface area contributed by atoms with Crippen molar-refractivity contribution in [3.8, 4) is 5.75 Å². The fourth-order valence-corrected chi connectivity index (χ4v) is 2.03. The summed E-state index contributed by atoms with van der Waals surface area (Å²) < 4.78 is 20.2. The highest BCUT2D eigenvalue weighted by molar-refractivity contribution is 7.17. The van der Waals surface area contributed by atoms with E-state index in [9.17, 15) is 9.36 Å². The molecule has 0 aromatic heterocycles. The lowest BCUT2D eigenvalue weighted by Crippen LogP contribution is -2.06. The third-order valence-corrected chi connectivity index (χ3v) is 3.25. The first-order chi connectivity index (χ1) is 9.77. The van der Waals surface area contributed by atoms with Crippen LogP contribution >= 0.6 is 8.69 Å². The maximum absolute atomic E-state index is 11.7. The van der Waals surface area contributed by atoms with Crippen LogP contribution in [-0.2, 0) is 9.30 Å². The van der Waals surface area contributed by atoms with Crippen LogP contribution in [0.5, 0.6) is 5.75 Å². The van der Waals surface area contributed by atoms with Crippen LogP contribution in [0.1, 0.15) is 55.8 Å². The van der Waals surface area contributed by atoms with Gasteiger partial charge in [-0.2, -0.15) is 0 Å². The Labute approximate surface area is 121 Å². The molecule has 0 unspecified atom stereocenters. The number of hydrogen-bond acceptors (Lipinski definition) is 4. The van der Waals surface area contributed by atoms with Crippen molar-refractivity contribution >= 4 is 14.7 Å². The van der Waals surface area contributed by atoms with Gasteiger partial charge in [-0.1, -0.05) is 39.0 Å². The summed E-state index contributed by atoms with van der Waals surface area (Å²) in [6, 6.07) is 6.38. The maximum atomic E-state index is 11.7. The first-order valence-corrected chi connectivity index (χ1v) is 7.77. The van der Waals surface area contributed by atoms with Crippen molar-refractivity contribution in [2.45, 2.75) is 45.4 Å². The molecule has 0 saturated heterocycles. The molecule has 5 heteroatoms. The first kappa shape index (κ1) is 16.6. The van der Waals surface area contributed by atoms with Gasteiger partial charge in [0, 0.05) is 0 Å². The number of carbonyl (C=O) groups excluding carboxylic acids is 1. The largest absolute Gasteiger partial charge is 0.462 e. The lowest BCUT2D eigenvalue weighted by molar-refractivity contribution is 0.0497. The molecule has 0 heterocycles. The number of benzene rings is 1. The molecule has 1 aromatic rings. The van der Waals surface area contributed by atoms with Crippen LogP contribution in [0, 0.1) is 0 Å². The van der Waals surface area contributed by atoms with E-state index in [1.807, 2.05) is 0 Å². The van der Waals surface area contributed by atoms with Gasteiger partial charge >= 0.3 is 14.7 Å². The van der Waals surface area contributed by atoms with Crippen LogP contribution in [0.3, 0.4) is 0 Å². The van der Waals surface area contributed by atoms with E-state index < -0.39 is 8.69 Å². The van der Waals surface area contributed by atoms with Gasteiger partial charge in [-0.15, -0.1) is 0 Å². The summed E-state index contributed by atoms with van der Waals surface area (Å²) in [6.07, 6.45) is 6.97. The molecule has 20 heavy (non-hydrogen) atoms. The molecule has 0 amide bonds. The molecule has 0 aliphatic heterocycles. The SMILES string of the molecule is CCCCCCCCOC(=O)c1ccc(OP=O)cc1. The zero-order valence-electron chi connectivity index (χ0n) is 11.8. The highest BCUT2D eigenvalue weighted by Gasteiger charge is 2.06. The van der Waals surface area contributed by atoms with Gasteiger partial charge in [0.2, 0.25) is 0 Å². The average Bonchev–Trinajstić information content (AvgIpc) is 2.47. The summed E-state index contributed by atoms with van der Waals surface area (Å²) in [5.41, 5.74) is 0.478. The second-order valence-corrected chi connectivity index (χ2v) is 4.93. The van der Waals surface area contributed by atoms with Crippen LogP contribution in [-0.4, -0.2) is 12.6 Å². The van der Waals surface area contributed by atoms with E-state index in [2.05, 4.69) is 6.92 Å². The van der Waals surface area contributed by atoms with E-state index >= 15 is 0 Å². The van der Waals surface area contributed by atoms with Gasteiger partial charge < -0.3 is 9.26 Å². The number of hydrogen-bond donors (Lipinski definition) is 0. The molecule has 110 valence electrons. The minimum atomic E-state index is -0.406. The average molecular weight is 296 g/mol. The van der Waals surface area contributed by atoms with Gasteiger partial charge in [-0.25, -0.2) is 9.36 Å². The predicted molar refractivity (Wildman–Crippen MR) is 78.3 cm³/mol. The van der Waals surface area contributed by atoms with Crippen molar-refractivity contribution in [1.29, 1.82) is 0 Å². The molecule has 0 bridgehead atoms. The Morgan fingerprint density at radius 1 is 1.05 bits per heavy atom. The van der Waals surface area contributed by atoms with E-state index in [-0.39, 0.29) is 5.97 Å². The lowest BCUT2D eigenvalue weighted by Gasteiger charge is -2.05. The Hall–Kier alpha value is -1.41. The van der Waals surface area contributed by atoms with Gasteiger partial charge in [0.25, 0.3) is 0 Å². The monoisotopic (exact) mass is 296 g/mol. The first-order valence-electron chi connectivity index (χ1n) is 7.04. The molecule has 1 aromatic carbocycles. The van der Waals surface area contributed by atoms with Crippen molar-refractivity contribution in [3.63, 3.8) is 0 Å². The van der Waals surface area contributed by atoms with Crippen LogP contribution in [0.25, 0.3) is 0 Å². The number of rotatable bonds is 10. The van der Waals surface area contributed by atoms with E-state index in [4.69, 9.17) is 9.26 Å². The van der Waals surface area contributed by atoms with Crippen molar-refractivity contribution in [2.24, 2.45) is 0 Å². The number of ether oxygens (including phenoxy) is 1. The normalized spacial score (nSPS) is 10.4. The Bertz CT molecular complexity index is 403. The minimum Gasteiger partial charge on any atom is -0.462 e. The fourth-order valence-electron chi connectivity index (χ4n) is 1.83. The van der Waals surface area contributed by atoms with Crippen LogP contribution in [0.2, 0.25) is 0 Å². The van der Waals surface area contributed by atoms with Crippen molar-refractivity contribution in [2.75, 3.05) is 6.61 Å². The van der Waals surface area contributed by atoms with Gasteiger partial charge in [0.05, 0.1) is 12.2 Å². The Kier molecular flexibility index (Phi) is 8.64. The Morgan fingerprint density at radius 2 is 1.70 bits per heavy atom. The molecule has 0 saturated carbocycles. The smallest absolute Gasteiger partial charge is 0.395 e. The fraction of sp³-hybridized carbons (Fsp3) is 0.533. The summed E-state index contributed by atoms with van der Waals surface area (Å²) in [7, 11) is -0.406. The Balaban J connectivity index is 2.20. The lowest BCUT2D eigenvalue weighted by atomic mass is 10.1. The predicted octanol–water partition coefficient (Wildman–Crippen LogP) is 4.79. The van der Waals surface area contributed by atoms with E-state index in [0.717, 1.165) is 12.8 Å². The number of esters is 1. The highest BCUT2D eigenvalue weighted by atomic mass is 31.1. The van der Waals surface area contributed by atoms with Gasteiger partial charge in [0.1, 0.15) is 5.75 Å². The van der Waals surface area contributed by atoms with Crippen molar-refractivity contribution in [3.05, 3.63) is 29.8 Å². The second kappa shape index (κ2) is 10.4. The minimum absolute atomic E-state index is 0.329. The van der Waals surface area contributed by atoms with Crippen LogP contribution in [0.4, 0.5) is 0 Å². The highest BCUT2D eigenvalue weighted by Crippen LogP contribution is 2.16.